The summed E-state index contributed by atoms with van der Waals surface area (Å²) in [5.74, 6) is 0. The lowest BCUT2D eigenvalue weighted by Crippen LogP contribution is -2.04. The van der Waals surface area contributed by atoms with Crippen molar-refractivity contribution < 1.29 is 18.3 Å². The first-order chi connectivity index (χ1) is 6.54. The van der Waals surface area contributed by atoms with Gasteiger partial charge < -0.3 is 0 Å². The molecule has 0 aromatic heterocycles. The second-order valence-electron chi connectivity index (χ2n) is 3.00. The minimum atomic E-state index is -4.28. The van der Waals surface area contributed by atoms with Gasteiger partial charge in [0.15, 0.2) is 0 Å². The average molecular weight is 203 g/mol. The summed E-state index contributed by atoms with van der Waals surface area (Å²) in [6.07, 6.45) is -3.27. The van der Waals surface area contributed by atoms with Crippen LogP contribution < -0.4 is 0 Å². The van der Waals surface area contributed by atoms with Crippen molar-refractivity contribution >= 4 is 0 Å². The van der Waals surface area contributed by atoms with Gasteiger partial charge in [0.1, 0.15) is 0 Å². The number of hydrogen-bond acceptors (Lipinski definition) is 0. The Morgan fingerprint density at radius 1 is 1.07 bits per heavy atom. The number of rotatable bonds is 3. The van der Waals surface area contributed by atoms with E-state index in [-0.39, 0.29) is 6.61 Å². The van der Waals surface area contributed by atoms with Crippen molar-refractivity contribution in [3.05, 3.63) is 35.4 Å². The van der Waals surface area contributed by atoms with Gasteiger partial charge in [-0.25, -0.2) is 5.11 Å². The highest BCUT2D eigenvalue weighted by Crippen LogP contribution is 2.29. The molecule has 0 aliphatic carbocycles. The Kier molecular flexibility index (Phi) is 3.52. The van der Waals surface area contributed by atoms with Crippen LogP contribution in [0.25, 0.3) is 0 Å². The Labute approximate surface area is 80.2 Å². The highest BCUT2D eigenvalue weighted by molar-refractivity contribution is 5.24. The quantitative estimate of drug-likeness (QED) is 0.719. The fraction of sp³-hybridized carbons (Fsp3) is 0.400. The van der Waals surface area contributed by atoms with Crippen LogP contribution in [0.3, 0.4) is 0 Å². The van der Waals surface area contributed by atoms with Gasteiger partial charge in [0.25, 0.3) is 0 Å². The predicted octanol–water partition coefficient (Wildman–Crippen LogP) is 3.07. The molecule has 1 aromatic carbocycles. The molecule has 0 fully saturated rings. The predicted molar refractivity (Wildman–Crippen MR) is 45.3 cm³/mol. The number of hydrogen-bond donors (Lipinski definition) is 0. The summed E-state index contributed by atoms with van der Waals surface area (Å²) in [7, 11) is 0. The molecular weight excluding hydrogens is 193 g/mol. The molecule has 4 heteroatoms. The number of halogens is 3. The second kappa shape index (κ2) is 4.46. The van der Waals surface area contributed by atoms with E-state index in [0.717, 1.165) is 17.7 Å². The van der Waals surface area contributed by atoms with Crippen LogP contribution in [-0.4, -0.2) is 6.61 Å². The van der Waals surface area contributed by atoms with Gasteiger partial charge in [-0.1, -0.05) is 12.1 Å². The van der Waals surface area contributed by atoms with E-state index >= 15 is 0 Å². The first kappa shape index (κ1) is 11.0. The average Bonchev–Trinajstić information content (AvgIpc) is 2.14. The fourth-order valence-corrected chi connectivity index (χ4v) is 1.14. The van der Waals surface area contributed by atoms with Gasteiger partial charge in [-0.3, -0.25) is 0 Å². The van der Waals surface area contributed by atoms with Gasteiger partial charge in [0.2, 0.25) is 0 Å². The standard InChI is InChI=1S/C10H10F3O/c11-10(12,13)9-5-3-8(4-6-9)2-1-7-14/h3-6H,1-2,7H2. The van der Waals surface area contributed by atoms with E-state index in [9.17, 15) is 18.3 Å². The van der Waals surface area contributed by atoms with Crippen molar-refractivity contribution in [2.45, 2.75) is 19.0 Å². The molecule has 0 heterocycles. The maximum absolute atomic E-state index is 12.1. The molecule has 1 radical (unpaired) electrons. The summed E-state index contributed by atoms with van der Waals surface area (Å²) in [6, 6.07) is 4.91. The van der Waals surface area contributed by atoms with Crippen LogP contribution in [0, 0.1) is 0 Å². The molecule has 0 bridgehead atoms. The van der Waals surface area contributed by atoms with Crippen molar-refractivity contribution in [1.29, 1.82) is 0 Å². The molecule has 0 spiro atoms. The lowest BCUT2D eigenvalue weighted by atomic mass is 10.1. The lowest BCUT2D eigenvalue weighted by Gasteiger charge is -2.06. The Balaban J connectivity index is 2.69. The highest BCUT2D eigenvalue weighted by atomic mass is 19.4. The smallest absolute Gasteiger partial charge is 0.237 e. The second-order valence-corrected chi connectivity index (χ2v) is 3.00. The van der Waals surface area contributed by atoms with Crippen LogP contribution in [0.5, 0.6) is 0 Å². The SMILES string of the molecule is [O]CCCc1ccc(C(F)(F)F)cc1. The molecule has 0 atom stereocenters. The van der Waals surface area contributed by atoms with Crippen molar-refractivity contribution in [3.63, 3.8) is 0 Å². The van der Waals surface area contributed by atoms with Crippen LogP contribution in [0.15, 0.2) is 24.3 Å². The largest absolute Gasteiger partial charge is 0.416 e. The topological polar surface area (TPSA) is 19.9 Å². The van der Waals surface area contributed by atoms with Gasteiger partial charge in [-0.2, -0.15) is 13.2 Å². The maximum atomic E-state index is 12.1. The molecule has 1 nitrogen and oxygen atoms in total. The molecule has 77 valence electrons. The lowest BCUT2D eigenvalue weighted by molar-refractivity contribution is -0.137. The third kappa shape index (κ3) is 3.03. The highest BCUT2D eigenvalue weighted by Gasteiger charge is 2.29. The van der Waals surface area contributed by atoms with Crippen LogP contribution >= 0.6 is 0 Å². The summed E-state index contributed by atoms with van der Waals surface area (Å²) in [4.78, 5) is 0. The zero-order valence-electron chi connectivity index (χ0n) is 7.47. The van der Waals surface area contributed by atoms with Crippen molar-refractivity contribution in [2.75, 3.05) is 6.61 Å². The van der Waals surface area contributed by atoms with Gasteiger partial charge in [-0.15, -0.1) is 0 Å². The molecule has 0 N–H and O–H groups in total. The molecule has 0 saturated carbocycles. The fourth-order valence-electron chi connectivity index (χ4n) is 1.14. The van der Waals surface area contributed by atoms with E-state index in [1.165, 1.54) is 12.1 Å². The van der Waals surface area contributed by atoms with Crippen LogP contribution in [0.4, 0.5) is 13.2 Å². The molecule has 1 rings (SSSR count). The van der Waals surface area contributed by atoms with Crippen LogP contribution in [0.1, 0.15) is 17.5 Å². The van der Waals surface area contributed by atoms with Crippen molar-refractivity contribution in [3.8, 4) is 0 Å². The molecule has 0 aliphatic rings. The third-order valence-corrected chi connectivity index (χ3v) is 1.89. The van der Waals surface area contributed by atoms with E-state index in [0.29, 0.717) is 12.8 Å². The Hall–Kier alpha value is -1.03. The Morgan fingerprint density at radius 2 is 1.64 bits per heavy atom. The zero-order valence-corrected chi connectivity index (χ0v) is 7.47. The van der Waals surface area contributed by atoms with Crippen molar-refractivity contribution in [2.24, 2.45) is 0 Å². The van der Waals surface area contributed by atoms with Gasteiger partial charge >= 0.3 is 6.18 Å². The van der Waals surface area contributed by atoms with Crippen molar-refractivity contribution in [1.82, 2.24) is 0 Å². The maximum Gasteiger partial charge on any atom is 0.416 e. The number of alkyl halides is 3. The zero-order chi connectivity index (χ0) is 10.6. The number of benzene rings is 1. The third-order valence-electron chi connectivity index (χ3n) is 1.89. The first-order valence-electron chi connectivity index (χ1n) is 4.28. The molecule has 0 unspecified atom stereocenters. The van der Waals surface area contributed by atoms with E-state index in [4.69, 9.17) is 0 Å². The summed E-state index contributed by atoms with van der Waals surface area (Å²) in [6.45, 7) is -0.193. The van der Waals surface area contributed by atoms with Crippen LogP contribution in [-0.2, 0) is 17.7 Å². The van der Waals surface area contributed by atoms with E-state index in [2.05, 4.69) is 0 Å². The molecule has 0 amide bonds. The molecular formula is C10H10F3O. The summed E-state index contributed by atoms with van der Waals surface area (Å²) >= 11 is 0. The van der Waals surface area contributed by atoms with Gasteiger partial charge in [0, 0.05) is 0 Å². The molecule has 0 aliphatic heterocycles. The summed E-state index contributed by atoms with van der Waals surface area (Å²) in [5.41, 5.74) is 0.122. The van der Waals surface area contributed by atoms with E-state index in [1.807, 2.05) is 0 Å². The number of aryl methyl sites for hydroxylation is 1. The Morgan fingerprint density at radius 3 is 2.07 bits per heavy atom. The minimum absolute atomic E-state index is 0.193. The molecule has 1 aromatic rings. The van der Waals surface area contributed by atoms with Crippen LogP contribution in [0.2, 0.25) is 0 Å². The molecule has 0 saturated heterocycles. The first-order valence-corrected chi connectivity index (χ1v) is 4.28. The summed E-state index contributed by atoms with van der Waals surface area (Å²) in [5, 5.41) is 10.1. The summed E-state index contributed by atoms with van der Waals surface area (Å²) < 4.78 is 36.4. The van der Waals surface area contributed by atoms with E-state index < -0.39 is 11.7 Å². The normalized spacial score (nSPS) is 11.7. The Bertz CT molecular complexity index is 276. The van der Waals surface area contributed by atoms with Gasteiger partial charge in [0.05, 0.1) is 12.2 Å². The van der Waals surface area contributed by atoms with E-state index in [1.54, 1.807) is 0 Å². The molecule has 14 heavy (non-hydrogen) atoms. The monoisotopic (exact) mass is 203 g/mol. The minimum Gasteiger partial charge on any atom is -0.237 e. The van der Waals surface area contributed by atoms with Gasteiger partial charge in [-0.05, 0) is 30.5 Å².